The molecule has 0 aliphatic heterocycles. The zero-order valence-corrected chi connectivity index (χ0v) is 7.79. The molecule has 0 aliphatic rings. The summed E-state index contributed by atoms with van der Waals surface area (Å²) >= 11 is 0. The first-order valence-electron chi connectivity index (χ1n) is 4.26. The van der Waals surface area contributed by atoms with Crippen LogP contribution in [-0.2, 0) is 0 Å². The summed E-state index contributed by atoms with van der Waals surface area (Å²) in [5.74, 6) is 1.30. The van der Waals surface area contributed by atoms with Gasteiger partial charge in [-0.15, -0.1) is 0 Å². The Morgan fingerprint density at radius 3 is 2.83 bits per heavy atom. The van der Waals surface area contributed by atoms with Gasteiger partial charge >= 0.3 is 6.01 Å². The molecule has 1 rings (SSSR count). The molecule has 0 spiro atoms. The van der Waals surface area contributed by atoms with Gasteiger partial charge in [-0.2, -0.15) is 4.98 Å². The van der Waals surface area contributed by atoms with Gasteiger partial charge in [-0.1, -0.05) is 25.4 Å². The number of aryl methyl sites for hydroxylation is 1. The zero-order valence-electron chi connectivity index (χ0n) is 7.79. The van der Waals surface area contributed by atoms with Crippen LogP contribution in [-0.4, -0.2) is 16.7 Å². The van der Waals surface area contributed by atoms with Crippen molar-refractivity contribution >= 4 is 6.01 Å². The van der Waals surface area contributed by atoms with Crippen molar-refractivity contribution in [3.8, 4) is 0 Å². The van der Waals surface area contributed by atoms with E-state index in [2.05, 4.69) is 29.3 Å². The minimum atomic E-state index is 0.521. The molecule has 1 aromatic rings. The molecule has 1 atom stereocenters. The lowest BCUT2D eigenvalue weighted by molar-refractivity contribution is 0.422. The van der Waals surface area contributed by atoms with Gasteiger partial charge in [0.15, 0.2) is 5.82 Å². The first-order valence-corrected chi connectivity index (χ1v) is 4.26. The summed E-state index contributed by atoms with van der Waals surface area (Å²) < 4.78 is 4.89. The summed E-state index contributed by atoms with van der Waals surface area (Å²) in [6, 6.07) is 0.521. The molecule has 1 unspecified atom stereocenters. The number of anilines is 1. The number of nitrogens with one attached hydrogen (secondary N) is 1. The van der Waals surface area contributed by atoms with Crippen LogP contribution < -0.4 is 5.32 Å². The van der Waals surface area contributed by atoms with Crippen LogP contribution in [0, 0.1) is 12.8 Å². The third-order valence-electron chi connectivity index (χ3n) is 1.83. The number of hydrogen-bond acceptors (Lipinski definition) is 4. The van der Waals surface area contributed by atoms with E-state index >= 15 is 0 Å². The monoisotopic (exact) mass is 169 g/mol. The number of rotatable bonds is 4. The molecule has 0 aromatic carbocycles. The Hall–Kier alpha value is -1.06. The maximum atomic E-state index is 4.89. The van der Waals surface area contributed by atoms with Gasteiger partial charge < -0.3 is 9.84 Å². The fourth-order valence-corrected chi connectivity index (χ4v) is 0.775. The average Bonchev–Trinajstić information content (AvgIpc) is 2.47. The van der Waals surface area contributed by atoms with E-state index in [9.17, 15) is 0 Å². The van der Waals surface area contributed by atoms with Gasteiger partial charge in [0.25, 0.3) is 0 Å². The molecule has 4 heteroatoms. The second-order valence-electron chi connectivity index (χ2n) is 3.04. The van der Waals surface area contributed by atoms with E-state index in [0.717, 1.165) is 13.0 Å². The Morgan fingerprint density at radius 2 is 2.33 bits per heavy atom. The van der Waals surface area contributed by atoms with E-state index in [0.29, 0.717) is 17.8 Å². The predicted molar refractivity (Wildman–Crippen MR) is 47.0 cm³/mol. The van der Waals surface area contributed by atoms with Gasteiger partial charge in [-0.25, -0.2) is 0 Å². The van der Waals surface area contributed by atoms with E-state index in [4.69, 9.17) is 4.52 Å². The van der Waals surface area contributed by atoms with Gasteiger partial charge in [0.2, 0.25) is 0 Å². The third-order valence-corrected chi connectivity index (χ3v) is 1.83. The quantitative estimate of drug-likeness (QED) is 0.747. The molecule has 12 heavy (non-hydrogen) atoms. The molecule has 1 heterocycles. The molecule has 0 aliphatic carbocycles. The zero-order chi connectivity index (χ0) is 8.97. The van der Waals surface area contributed by atoms with Crippen molar-refractivity contribution in [1.82, 2.24) is 10.1 Å². The molecule has 0 amide bonds. The number of nitrogens with zero attached hydrogens (tertiary/aromatic N) is 2. The summed E-state index contributed by atoms with van der Waals surface area (Å²) in [5.41, 5.74) is 0. The molecule has 1 aromatic heterocycles. The lowest BCUT2D eigenvalue weighted by Gasteiger charge is -2.06. The molecule has 0 radical (unpaired) electrons. The summed E-state index contributed by atoms with van der Waals surface area (Å²) in [6.07, 6.45) is 1.15. The lowest BCUT2D eigenvalue weighted by Crippen LogP contribution is -2.10. The van der Waals surface area contributed by atoms with E-state index in [-0.39, 0.29) is 0 Å². The maximum Gasteiger partial charge on any atom is 0.321 e. The second-order valence-corrected chi connectivity index (χ2v) is 3.04. The SMILES string of the molecule is CCC(C)CNc1nc(C)no1. The number of hydrogen-bond donors (Lipinski definition) is 1. The highest BCUT2D eigenvalue weighted by atomic mass is 16.5. The summed E-state index contributed by atoms with van der Waals surface area (Å²) in [6.45, 7) is 7.03. The van der Waals surface area contributed by atoms with Gasteiger partial charge in [-0.05, 0) is 12.8 Å². The molecule has 68 valence electrons. The van der Waals surface area contributed by atoms with Crippen LogP contribution in [0.3, 0.4) is 0 Å². The van der Waals surface area contributed by atoms with Crippen molar-refractivity contribution in [1.29, 1.82) is 0 Å². The van der Waals surface area contributed by atoms with Crippen molar-refractivity contribution < 1.29 is 4.52 Å². The fourth-order valence-electron chi connectivity index (χ4n) is 0.775. The van der Waals surface area contributed by atoms with Gasteiger partial charge in [-0.3, -0.25) is 0 Å². The highest BCUT2D eigenvalue weighted by Crippen LogP contribution is 2.05. The van der Waals surface area contributed by atoms with Gasteiger partial charge in [0, 0.05) is 6.54 Å². The maximum absolute atomic E-state index is 4.89. The Labute approximate surface area is 72.4 Å². The largest absolute Gasteiger partial charge is 0.337 e. The smallest absolute Gasteiger partial charge is 0.321 e. The fraction of sp³-hybridized carbons (Fsp3) is 0.750. The Morgan fingerprint density at radius 1 is 1.58 bits per heavy atom. The molecular formula is C8H15N3O. The Balaban J connectivity index is 2.33. The molecule has 4 nitrogen and oxygen atoms in total. The normalized spacial score (nSPS) is 12.9. The molecule has 1 N–H and O–H groups in total. The third kappa shape index (κ3) is 2.53. The average molecular weight is 169 g/mol. The van der Waals surface area contributed by atoms with E-state index < -0.39 is 0 Å². The van der Waals surface area contributed by atoms with Crippen molar-refractivity contribution in [2.75, 3.05) is 11.9 Å². The van der Waals surface area contributed by atoms with E-state index in [1.54, 1.807) is 6.92 Å². The summed E-state index contributed by atoms with van der Waals surface area (Å²) in [5, 5.41) is 6.75. The van der Waals surface area contributed by atoms with Gasteiger partial charge in [0.1, 0.15) is 0 Å². The Bertz CT molecular complexity index is 234. The highest BCUT2D eigenvalue weighted by molar-refractivity contribution is 5.17. The minimum Gasteiger partial charge on any atom is -0.337 e. The van der Waals surface area contributed by atoms with Crippen LogP contribution in [0.5, 0.6) is 0 Å². The van der Waals surface area contributed by atoms with Crippen LogP contribution in [0.4, 0.5) is 6.01 Å². The second kappa shape index (κ2) is 4.09. The molecular weight excluding hydrogens is 154 g/mol. The Kier molecular flexibility index (Phi) is 3.08. The topological polar surface area (TPSA) is 51.0 Å². The van der Waals surface area contributed by atoms with Crippen molar-refractivity contribution in [2.24, 2.45) is 5.92 Å². The summed E-state index contributed by atoms with van der Waals surface area (Å²) in [7, 11) is 0. The number of aromatic nitrogens is 2. The summed E-state index contributed by atoms with van der Waals surface area (Å²) in [4.78, 5) is 4.03. The van der Waals surface area contributed by atoms with Crippen LogP contribution in [0.1, 0.15) is 26.1 Å². The molecule has 0 bridgehead atoms. The minimum absolute atomic E-state index is 0.521. The molecule has 0 saturated carbocycles. The molecule has 0 fully saturated rings. The lowest BCUT2D eigenvalue weighted by atomic mass is 10.1. The predicted octanol–water partition coefficient (Wildman–Crippen LogP) is 1.84. The van der Waals surface area contributed by atoms with Crippen LogP contribution >= 0.6 is 0 Å². The van der Waals surface area contributed by atoms with Crippen LogP contribution in [0.15, 0.2) is 4.52 Å². The van der Waals surface area contributed by atoms with E-state index in [1.807, 2.05) is 0 Å². The molecule has 0 saturated heterocycles. The first kappa shape index (κ1) is 9.03. The van der Waals surface area contributed by atoms with Crippen molar-refractivity contribution in [2.45, 2.75) is 27.2 Å². The van der Waals surface area contributed by atoms with Crippen molar-refractivity contribution in [3.05, 3.63) is 5.82 Å². The highest BCUT2D eigenvalue weighted by Gasteiger charge is 2.03. The van der Waals surface area contributed by atoms with Gasteiger partial charge in [0.05, 0.1) is 0 Å². The van der Waals surface area contributed by atoms with E-state index in [1.165, 1.54) is 0 Å². The van der Waals surface area contributed by atoms with Crippen LogP contribution in [0.25, 0.3) is 0 Å². The van der Waals surface area contributed by atoms with Crippen LogP contribution in [0.2, 0.25) is 0 Å². The first-order chi connectivity index (χ1) is 5.72. The van der Waals surface area contributed by atoms with Crippen molar-refractivity contribution in [3.63, 3.8) is 0 Å². The standard InChI is InChI=1S/C8H15N3O/c1-4-6(2)5-9-8-10-7(3)11-12-8/h6H,4-5H2,1-3H3,(H,9,10,11).